The topological polar surface area (TPSA) is 73.5 Å². The number of amides is 3. The molecule has 1 aliphatic heterocycles. The quantitative estimate of drug-likeness (QED) is 0.705. The zero-order valence-electron chi connectivity index (χ0n) is 14.4. The number of nitrogens with one attached hydrogen (secondary N) is 3. The van der Waals surface area contributed by atoms with Crippen molar-refractivity contribution >= 4 is 11.9 Å². The van der Waals surface area contributed by atoms with Crippen molar-refractivity contribution < 1.29 is 9.59 Å². The molecule has 1 saturated heterocycles. The summed E-state index contributed by atoms with van der Waals surface area (Å²) >= 11 is 0. The lowest BCUT2D eigenvalue weighted by molar-refractivity contribution is -0.121. The lowest BCUT2D eigenvalue weighted by atomic mass is 10.00. The Bertz CT molecular complexity index is 515. The number of hydrogen-bond acceptors (Lipinski definition) is 3. The number of carbonyl (C=O) groups excluding carboxylic acids is 2. The Morgan fingerprint density at radius 2 is 2.04 bits per heavy atom. The van der Waals surface area contributed by atoms with E-state index in [0.29, 0.717) is 32.0 Å². The second-order valence-corrected chi connectivity index (χ2v) is 6.34. The van der Waals surface area contributed by atoms with Gasteiger partial charge in [0.25, 0.3) is 0 Å². The van der Waals surface area contributed by atoms with Crippen LogP contribution in [0.15, 0.2) is 30.3 Å². The Kier molecular flexibility index (Phi) is 7.55. The fourth-order valence-corrected chi connectivity index (χ4v) is 2.79. The van der Waals surface area contributed by atoms with Crippen LogP contribution in [0.4, 0.5) is 4.79 Å². The van der Waals surface area contributed by atoms with Gasteiger partial charge in [0.1, 0.15) is 0 Å². The summed E-state index contributed by atoms with van der Waals surface area (Å²) < 4.78 is 0. The zero-order chi connectivity index (χ0) is 17.2. The molecule has 1 aromatic carbocycles. The maximum atomic E-state index is 12.0. The van der Waals surface area contributed by atoms with E-state index >= 15 is 0 Å². The molecule has 24 heavy (non-hydrogen) atoms. The van der Waals surface area contributed by atoms with Crippen molar-refractivity contribution in [3.05, 3.63) is 35.9 Å². The average Bonchev–Trinajstić information content (AvgIpc) is 2.61. The molecule has 0 radical (unpaired) electrons. The Balaban J connectivity index is 1.58. The average molecular weight is 332 g/mol. The largest absolute Gasteiger partial charge is 0.356 e. The van der Waals surface area contributed by atoms with Gasteiger partial charge in [0.2, 0.25) is 5.91 Å². The molecule has 3 N–H and O–H groups in total. The fraction of sp³-hybridized carbons (Fsp3) is 0.556. The molecule has 0 bridgehead atoms. The molecule has 0 saturated carbocycles. The van der Waals surface area contributed by atoms with E-state index in [2.05, 4.69) is 16.0 Å². The molecule has 1 atom stereocenters. The third-order valence-electron chi connectivity index (χ3n) is 4.22. The zero-order valence-corrected chi connectivity index (χ0v) is 14.4. The van der Waals surface area contributed by atoms with Gasteiger partial charge in [0, 0.05) is 33.1 Å². The predicted molar refractivity (Wildman–Crippen MR) is 94.5 cm³/mol. The second kappa shape index (κ2) is 9.93. The predicted octanol–water partition coefficient (Wildman–Crippen LogP) is 1.33. The molecule has 1 fully saturated rings. The van der Waals surface area contributed by atoms with Crippen LogP contribution in [-0.4, -0.2) is 50.1 Å². The molecule has 1 heterocycles. The number of piperidine rings is 1. The first kappa shape index (κ1) is 18.3. The van der Waals surface area contributed by atoms with Crippen LogP contribution in [0, 0.1) is 5.92 Å². The SMILES string of the molecule is CN(Cc1ccccc1)C(=O)NCCC(=O)NCC1CCCNC1. The third-order valence-corrected chi connectivity index (χ3v) is 4.22. The summed E-state index contributed by atoms with van der Waals surface area (Å²) in [6.07, 6.45) is 2.64. The van der Waals surface area contributed by atoms with Gasteiger partial charge >= 0.3 is 6.03 Å². The van der Waals surface area contributed by atoms with Crippen LogP contribution in [0.1, 0.15) is 24.8 Å². The van der Waals surface area contributed by atoms with Crippen LogP contribution in [0.3, 0.4) is 0 Å². The van der Waals surface area contributed by atoms with E-state index in [1.54, 1.807) is 11.9 Å². The first-order valence-corrected chi connectivity index (χ1v) is 8.65. The van der Waals surface area contributed by atoms with Crippen molar-refractivity contribution in [2.24, 2.45) is 5.92 Å². The Morgan fingerprint density at radius 3 is 2.75 bits per heavy atom. The van der Waals surface area contributed by atoms with Crippen molar-refractivity contribution in [2.75, 3.05) is 33.2 Å². The normalized spacial score (nSPS) is 17.1. The number of nitrogens with zero attached hydrogens (tertiary/aromatic N) is 1. The standard InChI is InChI=1S/C18H28N4O2/c1-22(14-15-6-3-2-4-7-15)18(24)20-11-9-17(23)21-13-16-8-5-10-19-12-16/h2-4,6-7,16,19H,5,8-14H2,1H3,(H,20,24)(H,21,23). The van der Waals surface area contributed by atoms with E-state index in [0.717, 1.165) is 25.1 Å². The minimum atomic E-state index is -0.164. The van der Waals surface area contributed by atoms with Gasteiger partial charge in [0.05, 0.1) is 0 Å². The van der Waals surface area contributed by atoms with Crippen molar-refractivity contribution in [3.8, 4) is 0 Å². The number of benzene rings is 1. The van der Waals surface area contributed by atoms with Crippen molar-refractivity contribution in [1.29, 1.82) is 0 Å². The van der Waals surface area contributed by atoms with Gasteiger partial charge in [-0.05, 0) is 37.4 Å². The number of urea groups is 1. The van der Waals surface area contributed by atoms with Gasteiger partial charge in [-0.1, -0.05) is 30.3 Å². The number of carbonyl (C=O) groups is 2. The Labute approximate surface area is 144 Å². The van der Waals surface area contributed by atoms with E-state index in [4.69, 9.17) is 0 Å². The summed E-state index contributed by atoms with van der Waals surface area (Å²) in [5.41, 5.74) is 1.08. The summed E-state index contributed by atoms with van der Waals surface area (Å²) in [6.45, 7) is 3.67. The summed E-state index contributed by atoms with van der Waals surface area (Å²) in [7, 11) is 1.75. The van der Waals surface area contributed by atoms with E-state index in [-0.39, 0.29) is 11.9 Å². The summed E-state index contributed by atoms with van der Waals surface area (Å²) in [6, 6.07) is 9.66. The molecule has 6 heteroatoms. The van der Waals surface area contributed by atoms with E-state index in [9.17, 15) is 9.59 Å². The molecule has 0 spiro atoms. The molecule has 1 unspecified atom stereocenters. The molecular weight excluding hydrogens is 304 g/mol. The van der Waals surface area contributed by atoms with Gasteiger partial charge in [-0.25, -0.2) is 4.79 Å². The summed E-state index contributed by atoms with van der Waals surface area (Å²) in [5.74, 6) is 0.515. The molecule has 6 nitrogen and oxygen atoms in total. The molecule has 1 aromatic rings. The lowest BCUT2D eigenvalue weighted by Crippen LogP contribution is -2.40. The van der Waals surface area contributed by atoms with E-state index in [1.807, 2.05) is 30.3 Å². The maximum Gasteiger partial charge on any atom is 0.317 e. The van der Waals surface area contributed by atoms with Crippen LogP contribution in [0.5, 0.6) is 0 Å². The van der Waals surface area contributed by atoms with Gasteiger partial charge in [0.15, 0.2) is 0 Å². The Morgan fingerprint density at radius 1 is 1.25 bits per heavy atom. The van der Waals surface area contributed by atoms with Gasteiger partial charge in [-0.3, -0.25) is 4.79 Å². The van der Waals surface area contributed by atoms with E-state index < -0.39 is 0 Å². The van der Waals surface area contributed by atoms with Crippen LogP contribution in [-0.2, 0) is 11.3 Å². The molecule has 3 amide bonds. The van der Waals surface area contributed by atoms with E-state index in [1.165, 1.54) is 6.42 Å². The lowest BCUT2D eigenvalue weighted by Gasteiger charge is -2.23. The highest BCUT2D eigenvalue weighted by molar-refractivity contribution is 5.78. The number of rotatable bonds is 7. The number of hydrogen-bond donors (Lipinski definition) is 3. The summed E-state index contributed by atoms with van der Waals surface area (Å²) in [4.78, 5) is 25.5. The highest BCUT2D eigenvalue weighted by atomic mass is 16.2. The minimum absolute atomic E-state index is 0.00779. The summed E-state index contributed by atoms with van der Waals surface area (Å²) in [5, 5.41) is 9.07. The molecule has 0 aromatic heterocycles. The highest BCUT2D eigenvalue weighted by Crippen LogP contribution is 2.08. The smallest absolute Gasteiger partial charge is 0.317 e. The maximum absolute atomic E-state index is 12.0. The van der Waals surface area contributed by atoms with Crippen molar-refractivity contribution in [3.63, 3.8) is 0 Å². The van der Waals surface area contributed by atoms with Crippen LogP contribution in [0.2, 0.25) is 0 Å². The van der Waals surface area contributed by atoms with Gasteiger partial charge in [-0.2, -0.15) is 0 Å². The second-order valence-electron chi connectivity index (χ2n) is 6.34. The monoisotopic (exact) mass is 332 g/mol. The molecule has 132 valence electrons. The van der Waals surface area contributed by atoms with Gasteiger partial charge < -0.3 is 20.9 Å². The fourth-order valence-electron chi connectivity index (χ4n) is 2.79. The highest BCUT2D eigenvalue weighted by Gasteiger charge is 2.14. The molecule has 0 aliphatic carbocycles. The molecule has 2 rings (SSSR count). The molecular formula is C18H28N4O2. The molecule has 1 aliphatic rings. The first-order valence-electron chi connectivity index (χ1n) is 8.65. The Hall–Kier alpha value is -2.08. The first-order chi connectivity index (χ1) is 11.6. The van der Waals surface area contributed by atoms with Crippen LogP contribution < -0.4 is 16.0 Å². The van der Waals surface area contributed by atoms with Crippen LogP contribution >= 0.6 is 0 Å². The van der Waals surface area contributed by atoms with Crippen LogP contribution in [0.25, 0.3) is 0 Å². The minimum Gasteiger partial charge on any atom is -0.356 e. The van der Waals surface area contributed by atoms with Crippen molar-refractivity contribution in [2.45, 2.75) is 25.8 Å². The van der Waals surface area contributed by atoms with Crippen molar-refractivity contribution in [1.82, 2.24) is 20.9 Å². The third kappa shape index (κ3) is 6.58. The van der Waals surface area contributed by atoms with Gasteiger partial charge in [-0.15, -0.1) is 0 Å².